The number of rotatable bonds is 5. The van der Waals surface area contributed by atoms with Crippen LogP contribution in [0.15, 0.2) is 64.2 Å². The number of anilines is 1. The molecular formula is C16H13BrN2O2. The molecule has 5 heteroatoms. The minimum absolute atomic E-state index is 0.217. The second kappa shape index (κ2) is 7.40. The third kappa shape index (κ3) is 4.89. The molecule has 21 heavy (non-hydrogen) atoms. The summed E-state index contributed by atoms with van der Waals surface area (Å²) in [7, 11) is 0. The predicted octanol–water partition coefficient (Wildman–Crippen LogP) is 4.22. The van der Waals surface area contributed by atoms with E-state index < -0.39 is 5.97 Å². The zero-order valence-electron chi connectivity index (χ0n) is 11.0. The van der Waals surface area contributed by atoms with Gasteiger partial charge in [-0.3, -0.25) is 5.43 Å². The van der Waals surface area contributed by atoms with Crippen LogP contribution in [0.2, 0.25) is 0 Å². The number of allylic oxidation sites excluding steroid dienone is 1. The number of hydrazone groups is 1. The van der Waals surface area contributed by atoms with Gasteiger partial charge in [0, 0.05) is 4.48 Å². The normalized spacial score (nSPS) is 11.6. The molecule has 2 rings (SSSR count). The van der Waals surface area contributed by atoms with Gasteiger partial charge in [-0.1, -0.05) is 36.4 Å². The highest BCUT2D eigenvalue weighted by Crippen LogP contribution is 2.12. The second-order valence-electron chi connectivity index (χ2n) is 4.20. The SMILES string of the molecule is O=C(O)c1cccc(NN=CC(Br)=Cc2ccccc2)c1. The molecule has 0 radical (unpaired) electrons. The quantitative estimate of drug-likeness (QED) is 0.630. The average Bonchev–Trinajstić information content (AvgIpc) is 2.48. The minimum atomic E-state index is -0.965. The maximum Gasteiger partial charge on any atom is 0.335 e. The maximum absolute atomic E-state index is 10.9. The lowest BCUT2D eigenvalue weighted by Crippen LogP contribution is -1.97. The summed E-state index contributed by atoms with van der Waals surface area (Å²) in [5, 5.41) is 13.0. The summed E-state index contributed by atoms with van der Waals surface area (Å²) in [5.74, 6) is -0.965. The molecule has 0 aliphatic rings. The highest BCUT2D eigenvalue weighted by molar-refractivity contribution is 9.12. The van der Waals surface area contributed by atoms with Gasteiger partial charge in [0.25, 0.3) is 0 Å². The summed E-state index contributed by atoms with van der Waals surface area (Å²) in [6.45, 7) is 0. The summed E-state index contributed by atoms with van der Waals surface area (Å²) in [6.07, 6.45) is 3.54. The molecule has 0 bridgehead atoms. The number of hydrogen-bond donors (Lipinski definition) is 2. The minimum Gasteiger partial charge on any atom is -0.478 e. The van der Waals surface area contributed by atoms with Gasteiger partial charge in [-0.2, -0.15) is 5.10 Å². The third-order valence-electron chi connectivity index (χ3n) is 2.60. The van der Waals surface area contributed by atoms with Crippen LogP contribution < -0.4 is 5.43 Å². The third-order valence-corrected chi connectivity index (χ3v) is 3.03. The monoisotopic (exact) mass is 344 g/mol. The zero-order chi connectivity index (χ0) is 15.1. The highest BCUT2D eigenvalue weighted by Gasteiger charge is 2.01. The number of carboxylic acids is 1. The van der Waals surface area contributed by atoms with Crippen molar-refractivity contribution < 1.29 is 9.90 Å². The van der Waals surface area contributed by atoms with Crippen LogP contribution in [0.1, 0.15) is 15.9 Å². The fraction of sp³-hybridized carbons (Fsp3) is 0. The number of carbonyl (C=O) groups is 1. The van der Waals surface area contributed by atoms with E-state index in [1.165, 1.54) is 12.1 Å². The van der Waals surface area contributed by atoms with Gasteiger partial charge in [-0.25, -0.2) is 4.79 Å². The van der Waals surface area contributed by atoms with Crippen LogP contribution in [-0.2, 0) is 0 Å². The smallest absolute Gasteiger partial charge is 0.335 e. The highest BCUT2D eigenvalue weighted by atomic mass is 79.9. The standard InChI is InChI=1S/C16H13BrN2O2/c17-14(9-12-5-2-1-3-6-12)11-18-19-15-8-4-7-13(10-15)16(20)21/h1-11,19H,(H,20,21). The first kappa shape index (κ1) is 15.0. The van der Waals surface area contributed by atoms with Crippen molar-refractivity contribution in [2.75, 3.05) is 5.43 Å². The predicted molar refractivity (Wildman–Crippen MR) is 88.9 cm³/mol. The van der Waals surface area contributed by atoms with E-state index in [4.69, 9.17) is 5.11 Å². The molecule has 2 aromatic carbocycles. The Kier molecular flexibility index (Phi) is 5.29. The number of benzene rings is 2. The van der Waals surface area contributed by atoms with Gasteiger partial charge in [0.15, 0.2) is 0 Å². The van der Waals surface area contributed by atoms with Crippen molar-refractivity contribution in [3.05, 3.63) is 70.2 Å². The maximum atomic E-state index is 10.9. The van der Waals surface area contributed by atoms with Crippen molar-refractivity contribution in [3.63, 3.8) is 0 Å². The molecular weight excluding hydrogens is 332 g/mol. The Bertz CT molecular complexity index is 682. The van der Waals surface area contributed by atoms with Crippen molar-refractivity contribution in [1.82, 2.24) is 0 Å². The first-order valence-electron chi connectivity index (χ1n) is 6.20. The number of nitrogens with zero attached hydrogens (tertiary/aromatic N) is 1. The van der Waals surface area contributed by atoms with E-state index in [0.717, 1.165) is 10.0 Å². The van der Waals surface area contributed by atoms with Crippen molar-refractivity contribution in [2.45, 2.75) is 0 Å². The van der Waals surface area contributed by atoms with Crippen LogP contribution in [0.3, 0.4) is 0 Å². The van der Waals surface area contributed by atoms with Gasteiger partial charge >= 0.3 is 5.97 Å². The summed E-state index contributed by atoms with van der Waals surface area (Å²) in [6, 6.07) is 16.3. The molecule has 0 heterocycles. The van der Waals surface area contributed by atoms with Gasteiger partial charge in [-0.15, -0.1) is 0 Å². The Morgan fingerprint density at radius 3 is 2.62 bits per heavy atom. The van der Waals surface area contributed by atoms with E-state index in [1.807, 2.05) is 36.4 Å². The van der Waals surface area contributed by atoms with Gasteiger partial charge in [0.05, 0.1) is 17.5 Å². The lowest BCUT2D eigenvalue weighted by molar-refractivity contribution is 0.0697. The van der Waals surface area contributed by atoms with E-state index >= 15 is 0 Å². The summed E-state index contributed by atoms with van der Waals surface area (Å²) >= 11 is 3.40. The molecule has 2 aromatic rings. The van der Waals surface area contributed by atoms with E-state index in [0.29, 0.717) is 5.69 Å². The molecule has 2 N–H and O–H groups in total. The van der Waals surface area contributed by atoms with Crippen LogP contribution in [0, 0.1) is 0 Å². The average molecular weight is 345 g/mol. The second-order valence-corrected chi connectivity index (χ2v) is 5.11. The van der Waals surface area contributed by atoms with Crippen molar-refractivity contribution in [3.8, 4) is 0 Å². The molecule has 0 unspecified atom stereocenters. The van der Waals surface area contributed by atoms with Crippen LogP contribution in [0.4, 0.5) is 5.69 Å². The van der Waals surface area contributed by atoms with Crippen LogP contribution >= 0.6 is 15.9 Å². The molecule has 0 aliphatic carbocycles. The van der Waals surface area contributed by atoms with Gasteiger partial charge in [-0.05, 0) is 45.8 Å². The molecule has 0 amide bonds. The van der Waals surface area contributed by atoms with E-state index in [1.54, 1.807) is 18.3 Å². The first-order valence-corrected chi connectivity index (χ1v) is 6.99. The zero-order valence-corrected chi connectivity index (χ0v) is 12.6. The van der Waals surface area contributed by atoms with Crippen molar-refractivity contribution in [1.29, 1.82) is 0 Å². The number of carboxylic acid groups (broad SMARTS) is 1. The lowest BCUT2D eigenvalue weighted by atomic mass is 10.2. The summed E-state index contributed by atoms with van der Waals surface area (Å²) in [5.41, 5.74) is 4.68. The topological polar surface area (TPSA) is 61.7 Å². The van der Waals surface area contributed by atoms with Crippen LogP contribution in [0.5, 0.6) is 0 Å². The molecule has 0 saturated carbocycles. The molecule has 0 atom stereocenters. The Labute approximate surface area is 130 Å². The fourth-order valence-corrected chi connectivity index (χ4v) is 2.00. The van der Waals surface area contributed by atoms with Crippen LogP contribution in [0.25, 0.3) is 6.08 Å². The number of halogens is 1. The van der Waals surface area contributed by atoms with Crippen molar-refractivity contribution >= 4 is 39.9 Å². The van der Waals surface area contributed by atoms with Gasteiger partial charge in [0.1, 0.15) is 0 Å². The van der Waals surface area contributed by atoms with E-state index in [2.05, 4.69) is 26.5 Å². The fourth-order valence-electron chi connectivity index (χ4n) is 1.64. The Morgan fingerprint density at radius 2 is 1.90 bits per heavy atom. The molecule has 0 aliphatic heterocycles. The number of aromatic carboxylic acids is 1. The molecule has 106 valence electrons. The Balaban J connectivity index is 2.00. The number of hydrogen-bond acceptors (Lipinski definition) is 3. The van der Waals surface area contributed by atoms with E-state index in [-0.39, 0.29) is 5.56 Å². The van der Waals surface area contributed by atoms with Crippen molar-refractivity contribution in [2.24, 2.45) is 5.10 Å². The molecule has 0 saturated heterocycles. The van der Waals surface area contributed by atoms with Gasteiger partial charge < -0.3 is 5.11 Å². The first-order chi connectivity index (χ1) is 10.1. The van der Waals surface area contributed by atoms with E-state index in [9.17, 15) is 4.79 Å². The molecule has 0 spiro atoms. The lowest BCUT2D eigenvalue weighted by Gasteiger charge is -2.01. The molecule has 4 nitrogen and oxygen atoms in total. The molecule has 0 fully saturated rings. The molecule has 0 aromatic heterocycles. The van der Waals surface area contributed by atoms with Crippen LogP contribution in [-0.4, -0.2) is 17.3 Å². The largest absolute Gasteiger partial charge is 0.478 e. The summed E-state index contributed by atoms with van der Waals surface area (Å²) in [4.78, 5) is 10.9. The Hall–Kier alpha value is -2.40. The Morgan fingerprint density at radius 1 is 1.14 bits per heavy atom. The number of nitrogens with one attached hydrogen (secondary N) is 1. The van der Waals surface area contributed by atoms with Gasteiger partial charge in [0.2, 0.25) is 0 Å². The summed E-state index contributed by atoms with van der Waals surface area (Å²) < 4.78 is 0.801.